The zero-order valence-electron chi connectivity index (χ0n) is 12.4. The Morgan fingerprint density at radius 2 is 1.58 bits per heavy atom. The molecule has 0 bridgehead atoms. The summed E-state index contributed by atoms with van der Waals surface area (Å²) in [6, 6.07) is 10.7. The van der Waals surface area contributed by atoms with Crippen molar-refractivity contribution >= 4 is 17.7 Å². The van der Waals surface area contributed by atoms with Crippen molar-refractivity contribution in [1.29, 1.82) is 0 Å². The Labute approximate surface area is 135 Å². The summed E-state index contributed by atoms with van der Waals surface area (Å²) in [4.78, 5) is 24.3. The molecule has 2 aromatic rings. The summed E-state index contributed by atoms with van der Waals surface area (Å²) >= 11 is 0. The third kappa shape index (κ3) is 4.48. The van der Waals surface area contributed by atoms with Gasteiger partial charge in [0.25, 0.3) is 0 Å². The van der Waals surface area contributed by atoms with E-state index >= 15 is 0 Å². The molecular formula is C16H14F3N3O2. The molecule has 0 aliphatic carbocycles. The molecule has 0 spiro atoms. The maximum atomic E-state index is 12.5. The van der Waals surface area contributed by atoms with Crippen LogP contribution in [0.1, 0.15) is 11.1 Å². The molecule has 0 aliphatic heterocycles. The van der Waals surface area contributed by atoms with Crippen LogP contribution < -0.4 is 11.1 Å². The number of nitrogens with zero attached hydrogens (tertiary/aromatic N) is 1. The first-order valence-corrected chi connectivity index (χ1v) is 6.86. The summed E-state index contributed by atoms with van der Waals surface area (Å²) in [5.41, 5.74) is 5.16. The molecule has 0 atom stereocenters. The Kier molecular flexibility index (Phi) is 5.08. The summed E-state index contributed by atoms with van der Waals surface area (Å²) in [5.74, 6) is 0. The van der Waals surface area contributed by atoms with Crippen LogP contribution in [0.3, 0.4) is 0 Å². The first-order chi connectivity index (χ1) is 11.3. The minimum atomic E-state index is -4.46. The Morgan fingerprint density at radius 3 is 2.08 bits per heavy atom. The molecular weight excluding hydrogens is 323 g/mol. The number of rotatable bonds is 3. The van der Waals surface area contributed by atoms with E-state index in [-0.39, 0.29) is 12.2 Å². The molecule has 2 rings (SSSR count). The fourth-order valence-corrected chi connectivity index (χ4v) is 1.95. The number of amides is 4. The lowest BCUT2D eigenvalue weighted by atomic mass is 10.2. The number of hydrogen-bond donors (Lipinski definition) is 2. The number of carbonyl (C=O) groups is 2. The molecule has 4 amide bonds. The third-order valence-corrected chi connectivity index (χ3v) is 3.16. The number of anilines is 1. The second-order valence-corrected chi connectivity index (χ2v) is 4.92. The quantitative estimate of drug-likeness (QED) is 0.893. The highest BCUT2D eigenvalue weighted by Gasteiger charge is 2.30. The monoisotopic (exact) mass is 337 g/mol. The largest absolute Gasteiger partial charge is 0.416 e. The average molecular weight is 337 g/mol. The van der Waals surface area contributed by atoms with Crippen LogP contribution in [0.15, 0.2) is 54.6 Å². The lowest BCUT2D eigenvalue weighted by Gasteiger charge is -2.19. The van der Waals surface area contributed by atoms with Gasteiger partial charge in [0.05, 0.1) is 12.1 Å². The van der Waals surface area contributed by atoms with Gasteiger partial charge in [0.15, 0.2) is 0 Å². The minimum absolute atomic E-state index is 0.0529. The normalized spacial score (nSPS) is 11.0. The average Bonchev–Trinajstić information content (AvgIpc) is 2.53. The van der Waals surface area contributed by atoms with Gasteiger partial charge in [-0.2, -0.15) is 13.2 Å². The number of urea groups is 2. The highest BCUT2D eigenvalue weighted by Crippen LogP contribution is 2.29. The van der Waals surface area contributed by atoms with Crippen LogP contribution in [-0.2, 0) is 12.7 Å². The van der Waals surface area contributed by atoms with Crippen LogP contribution >= 0.6 is 0 Å². The van der Waals surface area contributed by atoms with E-state index in [1.54, 1.807) is 30.3 Å². The molecule has 2 aromatic carbocycles. The van der Waals surface area contributed by atoms with Crippen molar-refractivity contribution < 1.29 is 22.8 Å². The van der Waals surface area contributed by atoms with E-state index in [2.05, 4.69) is 5.32 Å². The van der Waals surface area contributed by atoms with E-state index in [4.69, 9.17) is 5.73 Å². The van der Waals surface area contributed by atoms with Crippen LogP contribution in [0.4, 0.5) is 28.4 Å². The lowest BCUT2D eigenvalue weighted by Crippen LogP contribution is -2.42. The number of primary amides is 1. The van der Waals surface area contributed by atoms with Crippen molar-refractivity contribution in [1.82, 2.24) is 4.90 Å². The van der Waals surface area contributed by atoms with Gasteiger partial charge < -0.3 is 11.1 Å². The van der Waals surface area contributed by atoms with Crippen LogP contribution in [0.2, 0.25) is 0 Å². The summed E-state index contributed by atoms with van der Waals surface area (Å²) in [5, 5.41) is 2.34. The Hall–Kier alpha value is -3.03. The number of benzene rings is 2. The number of carbonyl (C=O) groups excluding carboxylic acids is 2. The maximum Gasteiger partial charge on any atom is 0.416 e. The summed E-state index contributed by atoms with van der Waals surface area (Å²) in [6.07, 6.45) is -4.46. The van der Waals surface area contributed by atoms with Gasteiger partial charge in [-0.15, -0.1) is 0 Å². The molecule has 0 saturated heterocycles. The first-order valence-electron chi connectivity index (χ1n) is 6.86. The summed E-state index contributed by atoms with van der Waals surface area (Å²) in [6.45, 7) is -0.0529. The molecule has 0 radical (unpaired) electrons. The zero-order chi connectivity index (χ0) is 17.7. The number of nitrogens with one attached hydrogen (secondary N) is 1. The smallest absolute Gasteiger partial charge is 0.351 e. The van der Waals surface area contributed by atoms with Crippen molar-refractivity contribution in [2.75, 3.05) is 5.32 Å². The van der Waals surface area contributed by atoms with Crippen LogP contribution in [0.5, 0.6) is 0 Å². The van der Waals surface area contributed by atoms with Gasteiger partial charge >= 0.3 is 18.2 Å². The molecule has 0 aromatic heterocycles. The van der Waals surface area contributed by atoms with E-state index in [1.807, 2.05) is 0 Å². The lowest BCUT2D eigenvalue weighted by molar-refractivity contribution is -0.137. The molecule has 0 aliphatic rings. The van der Waals surface area contributed by atoms with Crippen molar-refractivity contribution in [3.8, 4) is 0 Å². The zero-order valence-corrected chi connectivity index (χ0v) is 12.4. The van der Waals surface area contributed by atoms with E-state index in [9.17, 15) is 22.8 Å². The molecule has 126 valence electrons. The highest BCUT2D eigenvalue weighted by atomic mass is 19.4. The molecule has 0 heterocycles. The summed E-state index contributed by atoms with van der Waals surface area (Å²) < 4.78 is 37.5. The van der Waals surface area contributed by atoms with Crippen LogP contribution in [-0.4, -0.2) is 17.0 Å². The number of halogens is 3. The molecule has 0 saturated carbocycles. The molecule has 3 N–H and O–H groups in total. The fourth-order valence-electron chi connectivity index (χ4n) is 1.95. The van der Waals surface area contributed by atoms with E-state index < -0.39 is 23.8 Å². The van der Waals surface area contributed by atoms with Gasteiger partial charge in [0.1, 0.15) is 0 Å². The van der Waals surface area contributed by atoms with Crippen molar-refractivity contribution in [2.24, 2.45) is 5.73 Å². The molecule has 24 heavy (non-hydrogen) atoms. The van der Waals surface area contributed by atoms with Crippen molar-refractivity contribution in [3.05, 3.63) is 65.7 Å². The Morgan fingerprint density at radius 1 is 1.00 bits per heavy atom. The standard InChI is InChI=1S/C16H14F3N3O2/c17-16(18,19)12-6-8-13(9-7-12)21-15(24)22(14(20)23)10-11-4-2-1-3-5-11/h1-9H,10H2,(H2,20,23)(H,21,24). The molecule has 0 unspecified atom stereocenters. The third-order valence-electron chi connectivity index (χ3n) is 3.16. The van der Waals surface area contributed by atoms with Crippen LogP contribution in [0.25, 0.3) is 0 Å². The van der Waals surface area contributed by atoms with Gasteiger partial charge in [-0.1, -0.05) is 30.3 Å². The van der Waals surface area contributed by atoms with E-state index in [1.165, 1.54) is 0 Å². The molecule has 0 fully saturated rings. The highest BCUT2D eigenvalue weighted by molar-refractivity contribution is 6.00. The number of nitrogens with two attached hydrogens (primary N) is 1. The second kappa shape index (κ2) is 7.03. The second-order valence-electron chi connectivity index (χ2n) is 4.92. The molecule has 8 heteroatoms. The molecule has 5 nitrogen and oxygen atoms in total. The summed E-state index contributed by atoms with van der Waals surface area (Å²) in [7, 11) is 0. The number of alkyl halides is 3. The van der Waals surface area contributed by atoms with E-state index in [0.717, 1.165) is 29.2 Å². The van der Waals surface area contributed by atoms with Gasteiger partial charge in [-0.25, -0.2) is 14.5 Å². The number of imide groups is 1. The van der Waals surface area contributed by atoms with Crippen molar-refractivity contribution in [3.63, 3.8) is 0 Å². The Balaban J connectivity index is 2.09. The van der Waals surface area contributed by atoms with E-state index in [0.29, 0.717) is 5.56 Å². The van der Waals surface area contributed by atoms with Gasteiger partial charge in [-0.3, -0.25) is 0 Å². The predicted octanol–water partition coefficient (Wildman–Crippen LogP) is 3.82. The maximum absolute atomic E-state index is 12.5. The van der Waals surface area contributed by atoms with Crippen molar-refractivity contribution in [2.45, 2.75) is 12.7 Å². The van der Waals surface area contributed by atoms with Crippen LogP contribution in [0, 0.1) is 0 Å². The topological polar surface area (TPSA) is 75.4 Å². The first kappa shape index (κ1) is 17.3. The predicted molar refractivity (Wildman–Crippen MR) is 82.0 cm³/mol. The van der Waals surface area contributed by atoms with Gasteiger partial charge in [-0.05, 0) is 29.8 Å². The van der Waals surface area contributed by atoms with Gasteiger partial charge in [0, 0.05) is 5.69 Å². The SMILES string of the molecule is NC(=O)N(Cc1ccccc1)C(=O)Nc1ccc(C(F)(F)F)cc1. The van der Waals surface area contributed by atoms with Gasteiger partial charge in [0.2, 0.25) is 0 Å². The number of hydrogen-bond acceptors (Lipinski definition) is 2. The Bertz CT molecular complexity index is 716. The minimum Gasteiger partial charge on any atom is -0.351 e. The fraction of sp³-hybridized carbons (Fsp3) is 0.125.